The lowest BCUT2D eigenvalue weighted by atomic mass is 9.89. The lowest BCUT2D eigenvalue weighted by Gasteiger charge is -2.38. The summed E-state index contributed by atoms with van der Waals surface area (Å²) in [6, 6.07) is -7.94. The molecule has 2 heterocycles. The van der Waals surface area contributed by atoms with Crippen molar-refractivity contribution in [3.05, 3.63) is 35.5 Å². The second-order valence-electron chi connectivity index (χ2n) is 26.1. The predicted molar refractivity (Wildman–Crippen MR) is 346 cm³/mol. The van der Waals surface area contributed by atoms with E-state index in [0.29, 0.717) is 43.1 Å². The molecule has 2 aliphatic heterocycles. The van der Waals surface area contributed by atoms with Gasteiger partial charge in [-0.1, -0.05) is 83.9 Å². The van der Waals surface area contributed by atoms with Gasteiger partial charge in [-0.05, 0) is 102 Å². The summed E-state index contributed by atoms with van der Waals surface area (Å²) in [7, 11) is 5.90. The summed E-state index contributed by atoms with van der Waals surface area (Å²) in [5.74, 6) is -11.9. The minimum Gasteiger partial charge on any atom is -0.393 e. The molecule has 10 unspecified atom stereocenters. The molecule has 1 fully saturated rings. The number of nitrogens with two attached hydrogens (primary N) is 2. The fourth-order valence-electron chi connectivity index (χ4n) is 10.7. The number of thioether (sulfide) groups is 1. The molecule has 524 valence electrons. The van der Waals surface area contributed by atoms with E-state index in [9.17, 15) is 83.7 Å². The molecule has 14 atom stereocenters. The first-order valence-electron chi connectivity index (χ1n) is 32.3. The third-order valence-corrected chi connectivity index (χ3v) is 17.0. The molecule has 0 bridgehead atoms. The highest BCUT2D eigenvalue weighted by molar-refractivity contribution is 8.02. The van der Waals surface area contributed by atoms with Crippen molar-refractivity contribution < 1.29 is 88.2 Å². The van der Waals surface area contributed by atoms with Crippen molar-refractivity contribution in [2.45, 2.75) is 254 Å². The van der Waals surface area contributed by atoms with Crippen LogP contribution in [-0.4, -0.2) is 211 Å². The van der Waals surface area contributed by atoms with Gasteiger partial charge in [-0.3, -0.25) is 47.9 Å². The van der Waals surface area contributed by atoms with Crippen LogP contribution in [0.15, 0.2) is 35.5 Å². The number of carbonyl (C=O) groups excluding carboxylic acids is 10. The van der Waals surface area contributed by atoms with Crippen LogP contribution >= 0.6 is 11.8 Å². The number of allylic oxidation sites excluding steroid dienone is 3. The molecule has 2 rings (SSSR count). The van der Waals surface area contributed by atoms with Crippen LogP contribution in [0.3, 0.4) is 0 Å². The van der Waals surface area contributed by atoms with Gasteiger partial charge >= 0.3 is 0 Å². The zero-order valence-electron chi connectivity index (χ0n) is 55.2. The molecule has 0 aromatic rings. The monoisotopic (exact) mass is 1320 g/mol. The molecular formula is C63H110N11O17S+. The van der Waals surface area contributed by atoms with Crippen LogP contribution in [0.25, 0.3) is 0 Å². The first kappa shape index (κ1) is 82.0. The number of carbonyl (C=O) groups is 10. The van der Waals surface area contributed by atoms with Gasteiger partial charge in [0.1, 0.15) is 54.1 Å². The van der Waals surface area contributed by atoms with E-state index in [-0.39, 0.29) is 31.4 Å². The van der Waals surface area contributed by atoms with Gasteiger partial charge in [-0.25, -0.2) is 0 Å². The molecule has 1 spiro atoms. The summed E-state index contributed by atoms with van der Waals surface area (Å²) < 4.78 is 0.592. The van der Waals surface area contributed by atoms with Crippen molar-refractivity contribution in [1.29, 1.82) is 0 Å². The molecule has 29 heteroatoms. The van der Waals surface area contributed by atoms with Crippen molar-refractivity contribution in [3.63, 3.8) is 0 Å². The van der Waals surface area contributed by atoms with E-state index < -0.39 is 174 Å². The fraction of sp³-hybridized carbons (Fsp3) is 0.746. The van der Waals surface area contributed by atoms with Crippen molar-refractivity contribution in [2.75, 3.05) is 33.4 Å². The average molecular weight is 1330 g/mol. The summed E-state index contributed by atoms with van der Waals surface area (Å²) >= 11 is 0.822. The molecule has 0 aromatic heterocycles. The van der Waals surface area contributed by atoms with Crippen LogP contribution in [0, 0.1) is 11.8 Å². The Kier molecular flexibility index (Phi) is 37.7. The number of nitrogens with one attached hydrogen (secondary N) is 8. The second-order valence-corrected chi connectivity index (χ2v) is 27.0. The molecule has 0 saturated carbocycles. The SMILES string of the molecule is C/C=C1/NC(=O)C(NC(=O)[C@H](C)NC(=O)C(C)C(O)CCCCCCC/C=C\CCCCCCC(O)CC(O)CC(O)CC(O)CC(O)CCC(O)C[N+](C)(C)C)CC2(CSC=CNC(=O)[C@H](CC(N)=O)NC(=O)[C@H](CC(N)=O)NC2=O)NC(=O)[C@H](C(C)C)NC1=O. The van der Waals surface area contributed by atoms with Crippen LogP contribution in [-0.2, 0) is 47.9 Å². The summed E-state index contributed by atoms with van der Waals surface area (Å²) in [5, 5.41) is 94.3. The quantitative estimate of drug-likeness (QED) is 0.0157. The predicted octanol–water partition coefficient (Wildman–Crippen LogP) is -0.713. The largest absolute Gasteiger partial charge is 0.393 e. The molecule has 2 aliphatic rings. The van der Waals surface area contributed by atoms with Gasteiger partial charge in [0.05, 0.1) is 76.5 Å². The van der Waals surface area contributed by atoms with Gasteiger partial charge in [0.15, 0.2) is 0 Å². The van der Waals surface area contributed by atoms with Gasteiger partial charge in [0.2, 0.25) is 53.2 Å². The minimum absolute atomic E-state index is 0.00647. The number of unbranched alkanes of at least 4 members (excludes halogenated alkanes) is 9. The number of quaternary nitrogens is 1. The molecule has 10 amide bonds. The van der Waals surface area contributed by atoms with Crippen LogP contribution in [0.4, 0.5) is 0 Å². The van der Waals surface area contributed by atoms with Crippen LogP contribution in [0.2, 0.25) is 0 Å². The lowest BCUT2D eigenvalue weighted by molar-refractivity contribution is -0.873. The Labute approximate surface area is 546 Å². The minimum atomic E-state index is -2.31. The van der Waals surface area contributed by atoms with E-state index in [2.05, 4.69) is 54.7 Å². The third kappa shape index (κ3) is 32.7. The lowest BCUT2D eigenvalue weighted by Crippen LogP contribution is -2.68. The van der Waals surface area contributed by atoms with E-state index in [1.807, 2.05) is 21.1 Å². The first-order valence-corrected chi connectivity index (χ1v) is 33.4. The Hall–Kier alpha value is -6.05. The molecular weight excluding hydrogens is 1210 g/mol. The topological polar surface area (TPSA) is 461 Å². The maximum atomic E-state index is 14.9. The van der Waals surface area contributed by atoms with Gasteiger partial charge in [0.25, 0.3) is 5.91 Å². The van der Waals surface area contributed by atoms with Crippen LogP contribution < -0.4 is 54.0 Å². The van der Waals surface area contributed by atoms with E-state index in [1.54, 1.807) is 13.8 Å². The number of aliphatic hydroxyl groups is 7. The Morgan fingerprint density at radius 2 is 1.15 bits per heavy atom. The maximum absolute atomic E-state index is 14.9. The third-order valence-electron chi connectivity index (χ3n) is 16.0. The molecule has 19 N–H and O–H groups in total. The van der Waals surface area contributed by atoms with Crippen molar-refractivity contribution in [3.8, 4) is 0 Å². The number of hydrogen-bond acceptors (Lipinski definition) is 18. The highest BCUT2D eigenvalue weighted by atomic mass is 32.2. The van der Waals surface area contributed by atoms with Crippen LogP contribution in [0.5, 0.6) is 0 Å². The average Bonchev–Trinajstić information content (AvgIpc) is 1.22. The Balaban J connectivity index is 1.92. The normalized spacial score (nSPS) is 23.3. The van der Waals surface area contributed by atoms with Crippen molar-refractivity contribution in [1.82, 2.24) is 42.5 Å². The van der Waals surface area contributed by atoms with Gasteiger partial charge in [-0.15, -0.1) is 11.8 Å². The van der Waals surface area contributed by atoms with E-state index in [0.717, 1.165) is 82.2 Å². The summed E-state index contributed by atoms with van der Waals surface area (Å²) in [4.78, 5) is 136. The van der Waals surface area contributed by atoms with Gasteiger partial charge < -0.3 is 94.2 Å². The molecule has 0 aliphatic carbocycles. The second kappa shape index (κ2) is 42.3. The number of nitrogens with zero attached hydrogens (tertiary/aromatic N) is 1. The van der Waals surface area contributed by atoms with E-state index in [4.69, 9.17) is 11.5 Å². The summed E-state index contributed by atoms with van der Waals surface area (Å²) in [6.45, 7) is 8.00. The van der Waals surface area contributed by atoms with Crippen molar-refractivity contribution in [2.24, 2.45) is 23.3 Å². The number of hydrogen-bond donors (Lipinski definition) is 17. The fourth-order valence-corrected chi connectivity index (χ4v) is 11.6. The first-order chi connectivity index (χ1) is 43.2. The number of rotatable bonds is 38. The zero-order valence-corrected chi connectivity index (χ0v) is 56.0. The Morgan fingerprint density at radius 3 is 1.70 bits per heavy atom. The van der Waals surface area contributed by atoms with Gasteiger partial charge in [0, 0.05) is 18.4 Å². The summed E-state index contributed by atoms with van der Waals surface area (Å²) in [6.07, 6.45) is 9.98. The van der Waals surface area contributed by atoms with E-state index in [1.165, 1.54) is 32.3 Å². The van der Waals surface area contributed by atoms with Crippen molar-refractivity contribution >= 4 is 70.8 Å². The highest BCUT2D eigenvalue weighted by Gasteiger charge is 2.48. The number of likely N-dealkylation sites (N-methyl/N-ethyl adjacent to an activating group) is 1. The molecule has 0 radical (unpaired) electrons. The zero-order chi connectivity index (χ0) is 69.3. The maximum Gasteiger partial charge on any atom is 0.268 e. The molecule has 1 saturated heterocycles. The number of primary amides is 2. The number of amides is 10. The van der Waals surface area contributed by atoms with Crippen LogP contribution in [0.1, 0.15) is 176 Å². The summed E-state index contributed by atoms with van der Waals surface area (Å²) in [5.41, 5.74) is 8.18. The molecule has 0 aromatic carbocycles. The van der Waals surface area contributed by atoms with E-state index >= 15 is 0 Å². The highest BCUT2D eigenvalue weighted by Crippen LogP contribution is 2.26. The molecule has 28 nitrogen and oxygen atoms in total. The molecule has 92 heavy (non-hydrogen) atoms. The number of aliphatic hydroxyl groups excluding tert-OH is 7. The standard InChI is InChI=1S/C63H109N11O17S/c1-9-47-58(87)72-54(38(2)3)61(90)73-63(37-92-28-27-66-57(86)48(33-52(64)82)69-59(88)49(34-53(65)83)71-62(63)91)35-50(60(89)68-47)70-56(85)40(5)67-55(84)39(4)51(81)24-22-20-18-16-14-12-10-11-13-15-17-19-21-23-41(75)29-44(78)31-46(80)32-45(79)30-42(76)25-26-43(77)36-74(6,7)8/h9-11,27-28,38-46,48-51,54,75-81H,12-26,29-37H2,1-8H3,(H11-,64,65,66,67,68,69,70,71,72,73,82,83,84,85,86,87,88,89,90,91)/p+1/b11-10-,28-27?,47-9+/t39?,40-,41?,42?,43?,44?,45?,46?,48-,49-,50?,51?,54-,63?/m0/s1. The Morgan fingerprint density at radius 1 is 0.641 bits per heavy atom. The smallest absolute Gasteiger partial charge is 0.268 e. The van der Waals surface area contributed by atoms with Gasteiger partial charge in [-0.2, -0.15) is 0 Å². The Bertz CT molecular complexity index is 2480.